The maximum atomic E-state index is 12.1. The summed E-state index contributed by atoms with van der Waals surface area (Å²) in [6, 6.07) is 16.2. The number of nitrogens with zero attached hydrogens (tertiary/aromatic N) is 1. The number of aromatic amines is 1. The number of aromatic nitrogens is 2. The van der Waals surface area contributed by atoms with E-state index in [4.69, 9.17) is 0 Å². The zero-order valence-electron chi connectivity index (χ0n) is 13.2. The summed E-state index contributed by atoms with van der Waals surface area (Å²) < 4.78 is 0. The average molecular weight is 322 g/mol. The number of amides is 2. The van der Waals surface area contributed by atoms with E-state index in [0.717, 1.165) is 11.0 Å². The van der Waals surface area contributed by atoms with Gasteiger partial charge in [0.05, 0.1) is 11.0 Å². The number of para-hydroxylation sites is 2. The van der Waals surface area contributed by atoms with Crippen molar-refractivity contribution in [2.45, 2.75) is 19.4 Å². The molecule has 6 heteroatoms. The summed E-state index contributed by atoms with van der Waals surface area (Å²) in [7, 11) is 0. The van der Waals surface area contributed by atoms with Crippen LogP contribution in [0.3, 0.4) is 0 Å². The Morgan fingerprint density at radius 1 is 1.08 bits per heavy atom. The quantitative estimate of drug-likeness (QED) is 0.675. The summed E-state index contributed by atoms with van der Waals surface area (Å²) >= 11 is 0. The van der Waals surface area contributed by atoms with Crippen LogP contribution in [0.4, 0.5) is 5.95 Å². The van der Waals surface area contributed by atoms with Crippen molar-refractivity contribution in [3.8, 4) is 0 Å². The first kappa shape index (κ1) is 15.7. The van der Waals surface area contributed by atoms with Crippen molar-refractivity contribution in [2.24, 2.45) is 0 Å². The number of benzene rings is 2. The van der Waals surface area contributed by atoms with Gasteiger partial charge in [0.15, 0.2) is 0 Å². The third-order valence-corrected chi connectivity index (χ3v) is 3.55. The van der Waals surface area contributed by atoms with Crippen molar-refractivity contribution in [2.75, 3.05) is 5.32 Å². The van der Waals surface area contributed by atoms with E-state index in [1.807, 2.05) is 30.3 Å². The van der Waals surface area contributed by atoms with Gasteiger partial charge in [-0.3, -0.25) is 14.9 Å². The fourth-order valence-electron chi connectivity index (χ4n) is 2.42. The van der Waals surface area contributed by atoms with Crippen LogP contribution in [0, 0.1) is 0 Å². The van der Waals surface area contributed by atoms with E-state index in [1.54, 1.807) is 31.2 Å². The molecule has 1 atom stereocenters. The molecule has 0 saturated carbocycles. The van der Waals surface area contributed by atoms with E-state index in [1.165, 1.54) is 0 Å². The SMILES string of the molecule is CC(CC(=O)Nc1nc2ccccc2[nH]1)NC(=O)c1ccccc1. The Morgan fingerprint density at radius 3 is 2.54 bits per heavy atom. The Balaban J connectivity index is 1.55. The van der Waals surface area contributed by atoms with Crippen LogP contribution in [0.5, 0.6) is 0 Å². The number of nitrogens with one attached hydrogen (secondary N) is 3. The van der Waals surface area contributed by atoms with Crippen LogP contribution in [0.2, 0.25) is 0 Å². The number of rotatable bonds is 5. The second kappa shape index (κ2) is 6.95. The molecule has 0 aliphatic rings. The lowest BCUT2D eigenvalue weighted by Crippen LogP contribution is -2.35. The van der Waals surface area contributed by atoms with Gasteiger partial charge in [0.1, 0.15) is 0 Å². The van der Waals surface area contributed by atoms with Crippen LogP contribution in [-0.2, 0) is 4.79 Å². The van der Waals surface area contributed by atoms with Crippen molar-refractivity contribution in [1.29, 1.82) is 0 Å². The van der Waals surface area contributed by atoms with Gasteiger partial charge in [0, 0.05) is 18.0 Å². The molecule has 6 nitrogen and oxygen atoms in total. The Bertz CT molecular complexity index is 825. The Kier molecular flexibility index (Phi) is 4.56. The molecule has 3 aromatic rings. The monoisotopic (exact) mass is 322 g/mol. The van der Waals surface area contributed by atoms with Crippen LogP contribution in [0.25, 0.3) is 11.0 Å². The molecule has 0 fully saturated rings. The molecule has 2 amide bonds. The normalized spacial score (nSPS) is 11.9. The molecule has 0 aliphatic carbocycles. The summed E-state index contributed by atoms with van der Waals surface area (Å²) in [5.41, 5.74) is 2.22. The van der Waals surface area contributed by atoms with E-state index in [9.17, 15) is 9.59 Å². The highest BCUT2D eigenvalue weighted by Crippen LogP contribution is 2.13. The molecule has 2 aromatic carbocycles. The molecule has 122 valence electrons. The molecular weight excluding hydrogens is 304 g/mol. The highest BCUT2D eigenvalue weighted by Gasteiger charge is 2.14. The van der Waals surface area contributed by atoms with Crippen molar-refractivity contribution < 1.29 is 9.59 Å². The lowest BCUT2D eigenvalue weighted by atomic mass is 10.1. The fraction of sp³-hybridized carbons (Fsp3) is 0.167. The fourth-order valence-corrected chi connectivity index (χ4v) is 2.42. The van der Waals surface area contributed by atoms with Crippen LogP contribution >= 0.6 is 0 Å². The Labute approximate surface area is 139 Å². The van der Waals surface area contributed by atoms with Crippen molar-refractivity contribution in [3.63, 3.8) is 0 Å². The third kappa shape index (κ3) is 3.78. The number of carbonyl (C=O) groups excluding carboxylic acids is 2. The molecule has 0 saturated heterocycles. The molecular formula is C18H18N4O2. The summed E-state index contributed by atoms with van der Waals surface area (Å²) in [6.45, 7) is 1.79. The summed E-state index contributed by atoms with van der Waals surface area (Å²) in [4.78, 5) is 31.5. The van der Waals surface area contributed by atoms with E-state index in [0.29, 0.717) is 11.5 Å². The van der Waals surface area contributed by atoms with Gasteiger partial charge in [-0.25, -0.2) is 4.98 Å². The average Bonchev–Trinajstić information content (AvgIpc) is 2.97. The molecule has 0 radical (unpaired) electrons. The predicted octanol–water partition coefficient (Wildman–Crippen LogP) is 2.71. The molecule has 1 aromatic heterocycles. The number of fused-ring (bicyclic) bond motifs is 1. The maximum Gasteiger partial charge on any atom is 0.251 e. The second-order valence-electron chi connectivity index (χ2n) is 5.60. The smallest absolute Gasteiger partial charge is 0.251 e. The highest BCUT2D eigenvalue weighted by atomic mass is 16.2. The van der Waals surface area contributed by atoms with Gasteiger partial charge >= 0.3 is 0 Å². The lowest BCUT2D eigenvalue weighted by molar-refractivity contribution is -0.116. The molecule has 24 heavy (non-hydrogen) atoms. The highest BCUT2D eigenvalue weighted by molar-refractivity contribution is 5.95. The first-order chi connectivity index (χ1) is 11.6. The molecule has 0 aliphatic heterocycles. The van der Waals surface area contributed by atoms with Crippen LogP contribution in [-0.4, -0.2) is 27.8 Å². The van der Waals surface area contributed by atoms with Gasteiger partial charge in [-0.2, -0.15) is 0 Å². The number of anilines is 1. The van der Waals surface area contributed by atoms with Gasteiger partial charge in [-0.1, -0.05) is 30.3 Å². The maximum absolute atomic E-state index is 12.1. The minimum atomic E-state index is -0.290. The number of H-pyrrole nitrogens is 1. The second-order valence-corrected chi connectivity index (χ2v) is 5.60. The first-order valence-corrected chi connectivity index (χ1v) is 7.72. The molecule has 1 heterocycles. The summed E-state index contributed by atoms with van der Waals surface area (Å²) in [5.74, 6) is -0.00246. The predicted molar refractivity (Wildman–Crippen MR) is 92.7 cm³/mol. The molecule has 1 unspecified atom stereocenters. The molecule has 0 spiro atoms. The Morgan fingerprint density at radius 2 is 1.79 bits per heavy atom. The van der Waals surface area contributed by atoms with E-state index >= 15 is 0 Å². The van der Waals surface area contributed by atoms with E-state index in [-0.39, 0.29) is 24.3 Å². The number of carbonyl (C=O) groups is 2. The van der Waals surface area contributed by atoms with Crippen LogP contribution in [0.15, 0.2) is 54.6 Å². The van der Waals surface area contributed by atoms with Gasteiger partial charge in [-0.15, -0.1) is 0 Å². The van der Waals surface area contributed by atoms with Crippen LogP contribution < -0.4 is 10.6 Å². The van der Waals surface area contributed by atoms with Crippen molar-refractivity contribution in [3.05, 3.63) is 60.2 Å². The van der Waals surface area contributed by atoms with E-state index < -0.39 is 0 Å². The lowest BCUT2D eigenvalue weighted by Gasteiger charge is -2.13. The molecule has 3 N–H and O–H groups in total. The van der Waals surface area contributed by atoms with Crippen molar-refractivity contribution in [1.82, 2.24) is 15.3 Å². The Hall–Kier alpha value is -3.15. The third-order valence-electron chi connectivity index (χ3n) is 3.55. The van der Waals surface area contributed by atoms with Crippen molar-refractivity contribution >= 4 is 28.8 Å². The number of hydrogen-bond donors (Lipinski definition) is 3. The first-order valence-electron chi connectivity index (χ1n) is 7.72. The minimum Gasteiger partial charge on any atom is -0.349 e. The van der Waals surface area contributed by atoms with E-state index in [2.05, 4.69) is 20.6 Å². The molecule has 0 bridgehead atoms. The number of hydrogen-bond acceptors (Lipinski definition) is 3. The standard InChI is InChI=1S/C18H18N4O2/c1-12(19-17(24)13-7-3-2-4-8-13)11-16(23)22-18-20-14-9-5-6-10-15(14)21-18/h2-10,12H,11H2,1H3,(H,19,24)(H2,20,21,22,23). The zero-order chi connectivity index (χ0) is 16.9. The summed E-state index contributed by atoms with van der Waals surface area (Å²) in [5, 5.41) is 5.53. The van der Waals surface area contributed by atoms with Gasteiger partial charge in [-0.05, 0) is 31.2 Å². The topological polar surface area (TPSA) is 86.9 Å². The largest absolute Gasteiger partial charge is 0.349 e. The van der Waals surface area contributed by atoms with Gasteiger partial charge < -0.3 is 10.3 Å². The van der Waals surface area contributed by atoms with Gasteiger partial charge in [0.25, 0.3) is 5.91 Å². The van der Waals surface area contributed by atoms with Crippen LogP contribution in [0.1, 0.15) is 23.7 Å². The summed E-state index contributed by atoms with van der Waals surface area (Å²) in [6.07, 6.45) is 0.162. The number of imidazole rings is 1. The minimum absolute atomic E-state index is 0.162. The van der Waals surface area contributed by atoms with Gasteiger partial charge in [0.2, 0.25) is 11.9 Å². The zero-order valence-corrected chi connectivity index (χ0v) is 13.2. The molecule has 3 rings (SSSR count).